The zero-order valence-electron chi connectivity index (χ0n) is 12.2. The van der Waals surface area contributed by atoms with Crippen LogP contribution in [-0.4, -0.2) is 24.0 Å². The predicted octanol–water partition coefficient (Wildman–Crippen LogP) is 2.27. The van der Waals surface area contributed by atoms with Crippen LogP contribution in [0.2, 0.25) is 0 Å². The number of rotatable bonds is 5. The van der Waals surface area contributed by atoms with Crippen molar-refractivity contribution < 1.29 is 14.5 Å². The number of esters is 1. The van der Waals surface area contributed by atoms with E-state index in [9.17, 15) is 14.9 Å². The molecule has 20 heavy (non-hydrogen) atoms. The summed E-state index contributed by atoms with van der Waals surface area (Å²) in [5.74, 6) is -0.345. The molecule has 0 aliphatic heterocycles. The molecule has 1 aromatic rings. The Morgan fingerprint density at radius 2 is 2.10 bits per heavy atom. The van der Waals surface area contributed by atoms with Crippen LogP contribution in [0.3, 0.4) is 0 Å². The minimum Gasteiger partial charge on any atom is -0.468 e. The number of hydrogen-bond donors (Lipinski definition) is 1. The zero-order chi connectivity index (χ0) is 15.3. The van der Waals surface area contributed by atoms with E-state index in [1.165, 1.54) is 19.2 Å². The minimum atomic E-state index is -0.480. The molecular weight excluding hydrogens is 260 g/mol. The van der Waals surface area contributed by atoms with E-state index in [0.29, 0.717) is 6.54 Å². The summed E-state index contributed by atoms with van der Waals surface area (Å²) >= 11 is 0. The minimum absolute atomic E-state index is 0.0367. The summed E-state index contributed by atoms with van der Waals surface area (Å²) in [4.78, 5) is 22.0. The number of carbonyl (C=O) groups is 1. The van der Waals surface area contributed by atoms with Gasteiger partial charge in [-0.1, -0.05) is 32.9 Å². The second kappa shape index (κ2) is 6.47. The Balaban J connectivity index is 2.80. The van der Waals surface area contributed by atoms with E-state index in [4.69, 9.17) is 4.74 Å². The average Bonchev–Trinajstić information content (AvgIpc) is 2.37. The van der Waals surface area contributed by atoms with Crippen molar-refractivity contribution in [3.63, 3.8) is 0 Å². The Kier molecular flexibility index (Phi) is 5.21. The number of nitrogens with one attached hydrogen (secondary N) is 1. The van der Waals surface area contributed by atoms with Crippen LogP contribution in [0, 0.1) is 15.5 Å². The van der Waals surface area contributed by atoms with Crippen molar-refractivity contribution >= 4 is 11.7 Å². The Morgan fingerprint density at radius 3 is 2.60 bits per heavy atom. The van der Waals surface area contributed by atoms with Gasteiger partial charge in [-0.3, -0.25) is 20.2 Å². The maximum absolute atomic E-state index is 11.8. The number of methoxy groups -OCH3 is 1. The van der Waals surface area contributed by atoms with Crippen LogP contribution < -0.4 is 5.32 Å². The van der Waals surface area contributed by atoms with Gasteiger partial charge in [0, 0.05) is 18.7 Å². The Labute approximate surface area is 118 Å². The first-order valence-electron chi connectivity index (χ1n) is 6.30. The van der Waals surface area contributed by atoms with Crippen LogP contribution in [0.4, 0.5) is 5.69 Å². The number of nitro benzene ring substituents is 1. The SMILES string of the molecule is COC(=O)C(NCc1cccc([N+](=O)[O-])c1)C(C)(C)C. The summed E-state index contributed by atoms with van der Waals surface area (Å²) in [6.07, 6.45) is 0. The molecule has 110 valence electrons. The molecule has 1 atom stereocenters. The van der Waals surface area contributed by atoms with Gasteiger partial charge in [-0.2, -0.15) is 0 Å². The molecule has 0 aromatic heterocycles. The van der Waals surface area contributed by atoms with Gasteiger partial charge >= 0.3 is 5.97 Å². The van der Waals surface area contributed by atoms with Crippen molar-refractivity contribution in [2.24, 2.45) is 5.41 Å². The summed E-state index contributed by atoms with van der Waals surface area (Å²) in [6, 6.07) is 5.84. The molecule has 1 rings (SSSR count). The molecule has 1 aromatic carbocycles. The van der Waals surface area contributed by atoms with Crippen molar-refractivity contribution in [1.82, 2.24) is 5.32 Å². The monoisotopic (exact) mass is 280 g/mol. The first kappa shape index (κ1) is 16.1. The normalized spacial score (nSPS) is 12.8. The topological polar surface area (TPSA) is 81.5 Å². The van der Waals surface area contributed by atoms with Gasteiger partial charge in [0.05, 0.1) is 12.0 Å². The van der Waals surface area contributed by atoms with Gasteiger partial charge in [0.25, 0.3) is 5.69 Å². The Hall–Kier alpha value is -1.95. The van der Waals surface area contributed by atoms with Crippen LogP contribution in [0.15, 0.2) is 24.3 Å². The van der Waals surface area contributed by atoms with Crippen LogP contribution in [0.1, 0.15) is 26.3 Å². The van der Waals surface area contributed by atoms with Crippen LogP contribution >= 0.6 is 0 Å². The number of benzene rings is 1. The fourth-order valence-corrected chi connectivity index (χ4v) is 1.86. The fraction of sp³-hybridized carbons (Fsp3) is 0.500. The van der Waals surface area contributed by atoms with Crippen LogP contribution in [0.25, 0.3) is 0 Å². The van der Waals surface area contributed by atoms with Gasteiger partial charge in [0.15, 0.2) is 0 Å². The highest BCUT2D eigenvalue weighted by Gasteiger charge is 2.31. The largest absolute Gasteiger partial charge is 0.468 e. The van der Waals surface area contributed by atoms with E-state index in [1.54, 1.807) is 12.1 Å². The average molecular weight is 280 g/mol. The van der Waals surface area contributed by atoms with Gasteiger partial charge in [-0.15, -0.1) is 0 Å². The first-order valence-corrected chi connectivity index (χ1v) is 6.30. The Bertz CT molecular complexity index is 494. The second-order valence-corrected chi connectivity index (χ2v) is 5.63. The lowest BCUT2D eigenvalue weighted by atomic mass is 9.86. The highest BCUT2D eigenvalue weighted by atomic mass is 16.6. The molecule has 6 nitrogen and oxygen atoms in total. The third-order valence-electron chi connectivity index (χ3n) is 2.93. The number of ether oxygens (including phenoxy) is 1. The standard InChI is InChI=1S/C14H20N2O4/c1-14(2,3)12(13(17)20-4)15-9-10-6-5-7-11(8-10)16(18)19/h5-8,12,15H,9H2,1-4H3. The van der Waals surface area contributed by atoms with Gasteiger partial charge in [0.2, 0.25) is 0 Å². The summed E-state index contributed by atoms with van der Waals surface area (Å²) in [7, 11) is 1.34. The van der Waals surface area contributed by atoms with E-state index in [2.05, 4.69) is 5.32 Å². The molecule has 0 fully saturated rings. The molecule has 6 heteroatoms. The lowest BCUT2D eigenvalue weighted by Gasteiger charge is -2.29. The number of non-ortho nitro benzene ring substituents is 1. The molecule has 0 radical (unpaired) electrons. The van der Waals surface area contributed by atoms with E-state index in [0.717, 1.165) is 5.56 Å². The van der Waals surface area contributed by atoms with Crippen LogP contribution in [-0.2, 0) is 16.1 Å². The Morgan fingerprint density at radius 1 is 1.45 bits per heavy atom. The first-order chi connectivity index (χ1) is 9.25. The third kappa shape index (κ3) is 4.31. The molecule has 0 amide bonds. The van der Waals surface area contributed by atoms with Crippen molar-refractivity contribution in [2.75, 3.05) is 7.11 Å². The fourth-order valence-electron chi connectivity index (χ4n) is 1.86. The predicted molar refractivity (Wildman–Crippen MR) is 75.2 cm³/mol. The number of carbonyl (C=O) groups excluding carboxylic acids is 1. The molecule has 0 heterocycles. The number of hydrogen-bond acceptors (Lipinski definition) is 5. The quantitative estimate of drug-likeness (QED) is 0.508. The highest BCUT2D eigenvalue weighted by molar-refractivity contribution is 5.76. The molecule has 0 bridgehead atoms. The molecule has 0 aliphatic carbocycles. The molecule has 1 unspecified atom stereocenters. The van der Waals surface area contributed by atoms with E-state index in [-0.39, 0.29) is 17.1 Å². The van der Waals surface area contributed by atoms with Crippen molar-refractivity contribution in [3.8, 4) is 0 Å². The zero-order valence-corrected chi connectivity index (χ0v) is 12.2. The summed E-state index contributed by atoms with van der Waals surface area (Å²) in [5.41, 5.74) is 0.473. The van der Waals surface area contributed by atoms with Gasteiger partial charge in [0.1, 0.15) is 6.04 Å². The summed E-state index contributed by atoms with van der Waals surface area (Å²) < 4.78 is 4.78. The van der Waals surface area contributed by atoms with Crippen molar-refractivity contribution in [3.05, 3.63) is 39.9 Å². The molecule has 0 spiro atoms. The van der Waals surface area contributed by atoms with E-state index < -0.39 is 11.0 Å². The summed E-state index contributed by atoms with van der Waals surface area (Å²) in [6.45, 7) is 6.14. The van der Waals surface area contributed by atoms with Gasteiger partial charge in [-0.25, -0.2) is 0 Å². The molecule has 0 saturated heterocycles. The number of nitrogens with zero attached hydrogens (tertiary/aromatic N) is 1. The lowest BCUT2D eigenvalue weighted by molar-refractivity contribution is -0.384. The summed E-state index contributed by atoms with van der Waals surface area (Å²) in [5, 5.41) is 13.8. The molecule has 0 aliphatic rings. The highest BCUT2D eigenvalue weighted by Crippen LogP contribution is 2.21. The maximum atomic E-state index is 11.8. The second-order valence-electron chi connectivity index (χ2n) is 5.63. The molecule has 0 saturated carbocycles. The van der Waals surface area contributed by atoms with E-state index >= 15 is 0 Å². The van der Waals surface area contributed by atoms with Crippen LogP contribution in [0.5, 0.6) is 0 Å². The smallest absolute Gasteiger partial charge is 0.323 e. The lowest BCUT2D eigenvalue weighted by Crippen LogP contribution is -2.46. The van der Waals surface area contributed by atoms with Crippen molar-refractivity contribution in [2.45, 2.75) is 33.4 Å². The third-order valence-corrected chi connectivity index (χ3v) is 2.93. The maximum Gasteiger partial charge on any atom is 0.323 e. The van der Waals surface area contributed by atoms with E-state index in [1.807, 2.05) is 20.8 Å². The van der Waals surface area contributed by atoms with Gasteiger partial charge < -0.3 is 4.74 Å². The molecular formula is C14H20N2O4. The van der Waals surface area contributed by atoms with Gasteiger partial charge in [-0.05, 0) is 11.0 Å². The molecule has 1 N–H and O–H groups in total. The number of nitro groups is 1. The van der Waals surface area contributed by atoms with Crippen molar-refractivity contribution in [1.29, 1.82) is 0 Å².